The quantitative estimate of drug-likeness (QED) is 0.627. The van der Waals surface area contributed by atoms with Crippen LogP contribution in [0.15, 0.2) is 66.7 Å². The fourth-order valence-corrected chi connectivity index (χ4v) is 5.10. The van der Waals surface area contributed by atoms with Crippen LogP contribution in [0, 0.1) is 6.92 Å². The van der Waals surface area contributed by atoms with E-state index < -0.39 is 0 Å². The molecule has 18 heavy (non-hydrogen) atoms. The first kappa shape index (κ1) is 11.8. The van der Waals surface area contributed by atoms with E-state index in [1.807, 2.05) is 0 Å². The number of hydrogen-bond donors (Lipinski definition) is 0. The van der Waals surface area contributed by atoms with E-state index in [9.17, 15) is 0 Å². The van der Waals surface area contributed by atoms with Crippen LogP contribution >= 0.6 is 0 Å². The molecule has 0 nitrogen and oxygen atoms in total. The van der Waals surface area contributed by atoms with Crippen LogP contribution in [0.25, 0.3) is 10.8 Å². The molecule has 0 fully saturated rings. The second-order valence-corrected chi connectivity index (χ2v) is 7.44. The molecule has 0 N–H and O–H groups in total. The summed E-state index contributed by atoms with van der Waals surface area (Å²) in [5, 5.41) is 2.79. The normalized spacial score (nSPS) is 10.7. The van der Waals surface area contributed by atoms with Crippen LogP contribution in [0.2, 0.25) is 0 Å². The van der Waals surface area contributed by atoms with Crippen LogP contribution in [-0.2, 0) is 0 Å². The zero-order chi connectivity index (χ0) is 12.4. The maximum atomic E-state index is 2.26. The van der Waals surface area contributed by atoms with Gasteiger partial charge in [-0.2, -0.15) is 0 Å². The summed E-state index contributed by atoms with van der Waals surface area (Å²) >= 11 is -0.296. The molecule has 0 aromatic heterocycles. The van der Waals surface area contributed by atoms with E-state index in [0.717, 1.165) is 0 Å². The Labute approximate surface area is 118 Å². The molecule has 0 heterocycles. The van der Waals surface area contributed by atoms with Crippen molar-refractivity contribution in [2.75, 3.05) is 0 Å². The monoisotopic (exact) mass is 348 g/mol. The first-order chi connectivity index (χ1) is 8.84. The van der Waals surface area contributed by atoms with Gasteiger partial charge >= 0.3 is 118 Å². The summed E-state index contributed by atoms with van der Waals surface area (Å²) in [5.41, 5.74) is 1.43. The van der Waals surface area contributed by atoms with Crippen LogP contribution in [0.4, 0.5) is 0 Å². The van der Waals surface area contributed by atoms with Crippen LogP contribution in [0.3, 0.4) is 0 Å². The van der Waals surface area contributed by atoms with E-state index in [1.54, 1.807) is 3.61 Å². The van der Waals surface area contributed by atoms with Crippen LogP contribution < -0.4 is 7.22 Å². The standard InChI is InChI=1S/C17H14Te/c1-13-11-12-14-7-5-6-10-16(14)17(13)18-15-8-3-2-4-9-15/h2-12H,1H3. The molecule has 88 valence electrons. The predicted octanol–water partition coefficient (Wildman–Crippen LogP) is 2.80. The molecule has 3 aromatic rings. The van der Waals surface area contributed by atoms with Gasteiger partial charge in [0, 0.05) is 0 Å². The van der Waals surface area contributed by atoms with Crippen molar-refractivity contribution >= 4 is 38.9 Å². The molecule has 0 amide bonds. The first-order valence-corrected chi connectivity index (χ1v) is 8.39. The summed E-state index contributed by atoms with van der Waals surface area (Å²) in [7, 11) is 0. The third kappa shape index (κ3) is 2.29. The van der Waals surface area contributed by atoms with Gasteiger partial charge in [0.2, 0.25) is 0 Å². The van der Waals surface area contributed by atoms with Gasteiger partial charge in [-0.25, -0.2) is 0 Å². The van der Waals surface area contributed by atoms with E-state index in [-0.39, 0.29) is 20.9 Å². The molecule has 0 atom stereocenters. The molecule has 3 aromatic carbocycles. The number of rotatable bonds is 2. The summed E-state index contributed by atoms with van der Waals surface area (Å²) in [5.74, 6) is 0. The molecule has 0 bridgehead atoms. The Hall–Kier alpha value is -1.29. The van der Waals surface area contributed by atoms with Gasteiger partial charge < -0.3 is 0 Å². The Kier molecular flexibility index (Phi) is 3.37. The van der Waals surface area contributed by atoms with Crippen molar-refractivity contribution in [3.63, 3.8) is 0 Å². The van der Waals surface area contributed by atoms with Gasteiger partial charge in [0.15, 0.2) is 0 Å². The van der Waals surface area contributed by atoms with Crippen molar-refractivity contribution in [1.82, 2.24) is 0 Å². The molecule has 0 aliphatic rings. The second kappa shape index (κ2) is 5.14. The average Bonchev–Trinajstić information content (AvgIpc) is 2.43. The Morgan fingerprint density at radius 2 is 1.44 bits per heavy atom. The molecule has 0 aliphatic heterocycles. The van der Waals surface area contributed by atoms with Gasteiger partial charge in [0.25, 0.3) is 0 Å². The van der Waals surface area contributed by atoms with Crippen LogP contribution in [-0.4, -0.2) is 20.9 Å². The number of fused-ring (bicyclic) bond motifs is 1. The van der Waals surface area contributed by atoms with Crippen molar-refractivity contribution < 1.29 is 0 Å². The average molecular weight is 346 g/mol. The molecule has 0 unspecified atom stereocenters. The Morgan fingerprint density at radius 3 is 2.28 bits per heavy atom. The minimum absolute atomic E-state index is 0.296. The van der Waals surface area contributed by atoms with Gasteiger partial charge in [-0.1, -0.05) is 0 Å². The second-order valence-electron chi connectivity index (χ2n) is 4.35. The van der Waals surface area contributed by atoms with Crippen molar-refractivity contribution in [3.8, 4) is 0 Å². The van der Waals surface area contributed by atoms with Gasteiger partial charge in [0.1, 0.15) is 0 Å². The van der Waals surface area contributed by atoms with Gasteiger partial charge in [-0.3, -0.25) is 0 Å². The van der Waals surface area contributed by atoms with Gasteiger partial charge in [-0.15, -0.1) is 0 Å². The van der Waals surface area contributed by atoms with Crippen molar-refractivity contribution in [1.29, 1.82) is 0 Å². The zero-order valence-corrected chi connectivity index (χ0v) is 12.6. The summed E-state index contributed by atoms with van der Waals surface area (Å²) < 4.78 is 3.08. The number of benzene rings is 3. The fourth-order valence-electron chi connectivity index (χ4n) is 2.09. The van der Waals surface area contributed by atoms with Crippen molar-refractivity contribution in [3.05, 3.63) is 72.3 Å². The summed E-state index contributed by atoms with van der Waals surface area (Å²) in [4.78, 5) is 0. The van der Waals surface area contributed by atoms with Crippen molar-refractivity contribution in [2.24, 2.45) is 0 Å². The molecule has 0 radical (unpaired) electrons. The van der Waals surface area contributed by atoms with E-state index >= 15 is 0 Å². The first-order valence-electron chi connectivity index (χ1n) is 6.06. The SMILES string of the molecule is Cc1ccc2ccccc2c1[Te]c1ccccc1. The third-order valence-electron chi connectivity index (χ3n) is 3.04. The van der Waals surface area contributed by atoms with E-state index in [1.165, 1.54) is 19.9 Å². The van der Waals surface area contributed by atoms with Crippen LogP contribution in [0.5, 0.6) is 0 Å². The van der Waals surface area contributed by atoms with Gasteiger partial charge in [0.05, 0.1) is 0 Å². The number of hydrogen-bond acceptors (Lipinski definition) is 0. The van der Waals surface area contributed by atoms with Gasteiger partial charge in [-0.05, 0) is 0 Å². The topological polar surface area (TPSA) is 0 Å². The molecular formula is C17H14Te. The fraction of sp³-hybridized carbons (Fsp3) is 0.0588. The molecule has 3 rings (SSSR count). The molecular weight excluding hydrogens is 332 g/mol. The Bertz CT molecular complexity index is 672. The van der Waals surface area contributed by atoms with E-state index in [0.29, 0.717) is 0 Å². The third-order valence-corrected chi connectivity index (χ3v) is 6.62. The zero-order valence-electron chi connectivity index (χ0n) is 10.3. The van der Waals surface area contributed by atoms with Crippen LogP contribution in [0.1, 0.15) is 5.56 Å². The number of aryl methyl sites for hydroxylation is 1. The molecule has 0 saturated carbocycles. The minimum atomic E-state index is -0.296. The van der Waals surface area contributed by atoms with Crippen molar-refractivity contribution in [2.45, 2.75) is 6.92 Å². The summed E-state index contributed by atoms with van der Waals surface area (Å²) in [6.45, 7) is 2.23. The Balaban J connectivity index is 2.13. The van der Waals surface area contributed by atoms with E-state index in [2.05, 4.69) is 73.7 Å². The Morgan fingerprint density at radius 1 is 0.722 bits per heavy atom. The molecule has 1 heteroatoms. The molecule has 0 saturated heterocycles. The summed E-state index contributed by atoms with van der Waals surface area (Å²) in [6, 6.07) is 24.1. The van der Waals surface area contributed by atoms with E-state index in [4.69, 9.17) is 0 Å². The summed E-state index contributed by atoms with van der Waals surface area (Å²) in [6.07, 6.45) is 0. The predicted molar refractivity (Wildman–Crippen MR) is 80.1 cm³/mol. The maximum absolute atomic E-state index is 2.26. The molecule has 0 aliphatic carbocycles. The molecule has 0 spiro atoms.